The molecule has 0 saturated heterocycles. The number of carbonyl (C=O) groups is 2. The van der Waals surface area contributed by atoms with Gasteiger partial charge in [-0.05, 0) is 24.3 Å². The Labute approximate surface area is 132 Å². The lowest BCUT2D eigenvalue weighted by Crippen LogP contribution is -2.15. The van der Waals surface area contributed by atoms with Crippen LogP contribution >= 0.6 is 0 Å². The van der Waals surface area contributed by atoms with Crippen molar-refractivity contribution in [3.05, 3.63) is 30.6 Å². The fraction of sp³-hybridized carbons (Fsp3) is 0.231. The van der Waals surface area contributed by atoms with Gasteiger partial charge in [0.15, 0.2) is 0 Å². The van der Waals surface area contributed by atoms with E-state index in [1.165, 1.54) is 31.2 Å². The molecule has 0 spiro atoms. The van der Waals surface area contributed by atoms with E-state index in [2.05, 4.69) is 20.7 Å². The molecule has 23 heavy (non-hydrogen) atoms. The zero-order valence-electron chi connectivity index (χ0n) is 12.5. The van der Waals surface area contributed by atoms with Gasteiger partial charge in [0.2, 0.25) is 17.8 Å². The molecule has 0 aliphatic heterocycles. The first-order valence-corrected chi connectivity index (χ1v) is 8.11. The van der Waals surface area contributed by atoms with Crippen molar-refractivity contribution in [1.29, 1.82) is 0 Å². The van der Waals surface area contributed by atoms with Gasteiger partial charge in [-0.3, -0.25) is 14.9 Å². The second-order valence-corrected chi connectivity index (χ2v) is 6.35. The minimum Gasteiger partial charge on any atom is -0.326 e. The van der Waals surface area contributed by atoms with E-state index >= 15 is 0 Å². The van der Waals surface area contributed by atoms with Gasteiger partial charge in [-0.2, -0.15) is 13.4 Å². The molecule has 0 radical (unpaired) electrons. The van der Waals surface area contributed by atoms with Crippen LogP contribution in [-0.2, 0) is 19.6 Å². The third kappa shape index (κ3) is 3.92. The summed E-state index contributed by atoms with van der Waals surface area (Å²) in [6, 6.07) is 5.65. The number of nitrogens with zero attached hydrogens (tertiary/aromatic N) is 3. The summed E-state index contributed by atoms with van der Waals surface area (Å²) in [5.74, 6) is -0.680. The SMILES string of the molecule is CCC(=O)Nc1ccc(S(=O)(=O)n2cnc(NC(C)=O)n2)cc1. The van der Waals surface area contributed by atoms with E-state index in [1.54, 1.807) is 6.92 Å². The first kappa shape index (κ1) is 16.6. The number of aromatic nitrogens is 3. The highest BCUT2D eigenvalue weighted by atomic mass is 32.2. The van der Waals surface area contributed by atoms with E-state index in [-0.39, 0.29) is 16.8 Å². The lowest BCUT2D eigenvalue weighted by molar-refractivity contribution is -0.116. The van der Waals surface area contributed by atoms with Crippen LogP contribution in [0.3, 0.4) is 0 Å². The van der Waals surface area contributed by atoms with Crippen molar-refractivity contribution in [1.82, 2.24) is 14.2 Å². The van der Waals surface area contributed by atoms with Crippen LogP contribution in [0.25, 0.3) is 0 Å². The van der Waals surface area contributed by atoms with E-state index in [4.69, 9.17) is 0 Å². The number of rotatable bonds is 5. The monoisotopic (exact) mass is 337 g/mol. The summed E-state index contributed by atoms with van der Waals surface area (Å²) in [7, 11) is -3.93. The molecule has 0 aliphatic carbocycles. The fourth-order valence-electron chi connectivity index (χ4n) is 1.65. The lowest BCUT2D eigenvalue weighted by Gasteiger charge is -2.06. The van der Waals surface area contributed by atoms with E-state index < -0.39 is 15.9 Å². The lowest BCUT2D eigenvalue weighted by atomic mass is 10.3. The van der Waals surface area contributed by atoms with Crippen LogP contribution in [0.5, 0.6) is 0 Å². The molecule has 0 atom stereocenters. The third-order valence-electron chi connectivity index (χ3n) is 2.76. The Morgan fingerprint density at radius 3 is 2.39 bits per heavy atom. The molecule has 10 heteroatoms. The van der Waals surface area contributed by atoms with Crippen molar-refractivity contribution in [3.8, 4) is 0 Å². The number of hydrogen-bond acceptors (Lipinski definition) is 6. The third-order valence-corrected chi connectivity index (χ3v) is 4.30. The molecule has 1 aromatic heterocycles. The molecule has 2 rings (SSSR count). The van der Waals surface area contributed by atoms with Gasteiger partial charge in [0.1, 0.15) is 6.33 Å². The molecule has 0 fully saturated rings. The summed E-state index contributed by atoms with van der Waals surface area (Å²) in [6.45, 7) is 2.98. The predicted molar refractivity (Wildman–Crippen MR) is 82.3 cm³/mol. The molecule has 2 N–H and O–H groups in total. The Morgan fingerprint density at radius 1 is 1.17 bits per heavy atom. The second-order valence-electron chi connectivity index (χ2n) is 4.55. The van der Waals surface area contributed by atoms with Crippen LogP contribution in [0.4, 0.5) is 11.6 Å². The molecule has 122 valence electrons. The second kappa shape index (κ2) is 6.57. The molecule has 0 bridgehead atoms. The molecule has 1 aromatic carbocycles. The number of carbonyl (C=O) groups excluding carboxylic acids is 2. The van der Waals surface area contributed by atoms with Crippen LogP contribution in [0, 0.1) is 0 Å². The highest BCUT2D eigenvalue weighted by Crippen LogP contribution is 2.17. The molecular weight excluding hydrogens is 322 g/mol. The molecule has 9 nitrogen and oxygen atoms in total. The van der Waals surface area contributed by atoms with Gasteiger partial charge in [-0.1, -0.05) is 6.92 Å². The van der Waals surface area contributed by atoms with Gasteiger partial charge in [0, 0.05) is 19.0 Å². The quantitative estimate of drug-likeness (QED) is 0.832. The highest BCUT2D eigenvalue weighted by Gasteiger charge is 2.19. The van der Waals surface area contributed by atoms with E-state index in [0.717, 1.165) is 6.33 Å². The maximum Gasteiger partial charge on any atom is 0.284 e. The van der Waals surface area contributed by atoms with Gasteiger partial charge in [-0.25, -0.2) is 0 Å². The summed E-state index contributed by atoms with van der Waals surface area (Å²) in [6.07, 6.45) is 1.32. The molecule has 2 aromatic rings. The first-order chi connectivity index (χ1) is 10.8. The molecular formula is C13H15N5O4S. The Kier molecular flexibility index (Phi) is 4.74. The number of amides is 2. The van der Waals surface area contributed by atoms with Gasteiger partial charge in [-0.15, -0.1) is 9.19 Å². The maximum absolute atomic E-state index is 12.4. The number of anilines is 2. The Morgan fingerprint density at radius 2 is 1.83 bits per heavy atom. The van der Waals surface area contributed by atoms with Crippen molar-refractivity contribution in [3.63, 3.8) is 0 Å². The van der Waals surface area contributed by atoms with Crippen molar-refractivity contribution < 1.29 is 18.0 Å². The summed E-state index contributed by atoms with van der Waals surface area (Å²) in [5, 5.41) is 8.61. The number of nitrogens with one attached hydrogen (secondary N) is 2. The first-order valence-electron chi connectivity index (χ1n) is 6.67. The summed E-state index contributed by atoms with van der Waals surface area (Å²) in [4.78, 5) is 25.9. The van der Waals surface area contributed by atoms with Crippen molar-refractivity contribution in [2.45, 2.75) is 25.2 Å². The zero-order chi connectivity index (χ0) is 17.0. The normalized spacial score (nSPS) is 11.0. The summed E-state index contributed by atoms with van der Waals surface area (Å²) < 4.78 is 25.4. The van der Waals surface area contributed by atoms with Gasteiger partial charge in [0.05, 0.1) is 4.90 Å². The average Bonchev–Trinajstić information content (AvgIpc) is 2.96. The van der Waals surface area contributed by atoms with Gasteiger partial charge < -0.3 is 5.32 Å². The van der Waals surface area contributed by atoms with Crippen LogP contribution in [0.15, 0.2) is 35.5 Å². The maximum atomic E-state index is 12.4. The van der Waals surface area contributed by atoms with E-state index in [1.807, 2.05) is 0 Å². The number of benzene rings is 1. The van der Waals surface area contributed by atoms with Crippen molar-refractivity contribution >= 4 is 33.5 Å². The highest BCUT2D eigenvalue weighted by molar-refractivity contribution is 7.89. The van der Waals surface area contributed by atoms with Crippen molar-refractivity contribution in [2.24, 2.45) is 0 Å². The van der Waals surface area contributed by atoms with Crippen molar-refractivity contribution in [2.75, 3.05) is 10.6 Å². The predicted octanol–water partition coefficient (Wildman–Crippen LogP) is 0.822. The molecule has 2 amide bonds. The Hall–Kier alpha value is -2.75. The molecule has 0 unspecified atom stereocenters. The zero-order valence-corrected chi connectivity index (χ0v) is 13.3. The Bertz CT molecular complexity index is 826. The van der Waals surface area contributed by atoms with Crippen LogP contribution in [0.1, 0.15) is 20.3 Å². The van der Waals surface area contributed by atoms with E-state index in [9.17, 15) is 18.0 Å². The largest absolute Gasteiger partial charge is 0.326 e. The minimum absolute atomic E-state index is 0.0220. The molecule has 1 heterocycles. The smallest absolute Gasteiger partial charge is 0.284 e. The van der Waals surface area contributed by atoms with Crippen LogP contribution < -0.4 is 10.6 Å². The number of hydrogen-bond donors (Lipinski definition) is 2. The molecule has 0 saturated carbocycles. The van der Waals surface area contributed by atoms with E-state index in [0.29, 0.717) is 16.2 Å². The van der Waals surface area contributed by atoms with Gasteiger partial charge in [0.25, 0.3) is 10.0 Å². The topological polar surface area (TPSA) is 123 Å². The summed E-state index contributed by atoms with van der Waals surface area (Å²) in [5.41, 5.74) is 0.494. The standard InChI is InChI=1S/C13H15N5O4S/c1-3-12(20)16-10-4-6-11(7-5-10)23(21,22)18-8-14-13(17-18)15-9(2)19/h4-8H,3H2,1-2H3,(H,16,20)(H,15,17,19). The minimum atomic E-state index is -3.93. The average molecular weight is 337 g/mol. The Balaban J connectivity index is 2.24. The van der Waals surface area contributed by atoms with Gasteiger partial charge >= 0.3 is 0 Å². The summed E-state index contributed by atoms with van der Waals surface area (Å²) >= 11 is 0. The van der Waals surface area contributed by atoms with Crippen LogP contribution in [-0.4, -0.2) is 34.4 Å². The fourth-order valence-corrected chi connectivity index (χ4v) is 2.70. The van der Waals surface area contributed by atoms with Crippen LogP contribution in [0.2, 0.25) is 0 Å². The molecule has 0 aliphatic rings.